The van der Waals surface area contributed by atoms with Crippen molar-refractivity contribution in [3.05, 3.63) is 35.4 Å². The molecular weight excluding hydrogens is 262 g/mol. The number of amides is 2. The van der Waals surface area contributed by atoms with Gasteiger partial charge in [-0.1, -0.05) is 31.2 Å². The summed E-state index contributed by atoms with van der Waals surface area (Å²) in [6, 6.07) is 8.86. The van der Waals surface area contributed by atoms with Gasteiger partial charge in [-0.2, -0.15) is 0 Å². The molecule has 1 aliphatic rings. The van der Waals surface area contributed by atoms with Crippen LogP contribution < -0.4 is 5.32 Å². The molecule has 0 saturated carbocycles. The van der Waals surface area contributed by atoms with Crippen molar-refractivity contribution in [1.29, 1.82) is 0 Å². The summed E-state index contributed by atoms with van der Waals surface area (Å²) in [5, 5.41) is 3.04. The molecule has 0 aromatic heterocycles. The Balaban J connectivity index is 1.81. The van der Waals surface area contributed by atoms with E-state index < -0.39 is 0 Å². The first-order chi connectivity index (χ1) is 10.1. The van der Waals surface area contributed by atoms with E-state index >= 15 is 0 Å². The number of rotatable bonds is 4. The SMILES string of the molecule is CCC(C)NC(=O)N1CCN(Cc2ccccc2C)CC1. The van der Waals surface area contributed by atoms with E-state index in [1.807, 2.05) is 11.8 Å². The fourth-order valence-corrected chi connectivity index (χ4v) is 2.54. The summed E-state index contributed by atoms with van der Waals surface area (Å²) < 4.78 is 0. The van der Waals surface area contributed by atoms with Crippen LogP contribution in [0.3, 0.4) is 0 Å². The standard InChI is InChI=1S/C17H27N3O/c1-4-15(3)18-17(21)20-11-9-19(10-12-20)13-16-8-6-5-7-14(16)2/h5-8,15H,4,9-13H2,1-3H3,(H,18,21). The van der Waals surface area contributed by atoms with Gasteiger partial charge in [-0.25, -0.2) is 4.79 Å². The molecule has 1 aromatic rings. The minimum absolute atomic E-state index is 0.0832. The number of urea groups is 1. The van der Waals surface area contributed by atoms with Crippen molar-refractivity contribution in [1.82, 2.24) is 15.1 Å². The van der Waals surface area contributed by atoms with Crippen molar-refractivity contribution in [2.75, 3.05) is 26.2 Å². The predicted octanol–water partition coefficient (Wildman–Crippen LogP) is 2.62. The molecule has 0 bridgehead atoms. The second-order valence-corrected chi connectivity index (χ2v) is 5.95. The van der Waals surface area contributed by atoms with Gasteiger partial charge in [0.15, 0.2) is 0 Å². The Hall–Kier alpha value is -1.55. The monoisotopic (exact) mass is 289 g/mol. The Morgan fingerprint density at radius 3 is 2.52 bits per heavy atom. The van der Waals surface area contributed by atoms with Crippen molar-refractivity contribution < 1.29 is 4.79 Å². The largest absolute Gasteiger partial charge is 0.336 e. The zero-order valence-corrected chi connectivity index (χ0v) is 13.4. The number of hydrogen-bond acceptors (Lipinski definition) is 2. The lowest BCUT2D eigenvalue weighted by Gasteiger charge is -2.35. The van der Waals surface area contributed by atoms with Gasteiger partial charge in [0.05, 0.1) is 0 Å². The molecule has 1 saturated heterocycles. The third kappa shape index (κ3) is 4.46. The van der Waals surface area contributed by atoms with E-state index in [2.05, 4.69) is 48.3 Å². The third-order valence-corrected chi connectivity index (χ3v) is 4.30. The maximum Gasteiger partial charge on any atom is 0.317 e. The number of nitrogens with one attached hydrogen (secondary N) is 1. The maximum absolute atomic E-state index is 12.1. The van der Waals surface area contributed by atoms with Crippen LogP contribution in [0.2, 0.25) is 0 Å². The molecule has 1 heterocycles. The quantitative estimate of drug-likeness (QED) is 0.925. The lowest BCUT2D eigenvalue weighted by Crippen LogP contribution is -2.52. The zero-order chi connectivity index (χ0) is 15.2. The Labute approximate surface area is 128 Å². The average Bonchev–Trinajstić information content (AvgIpc) is 2.50. The molecule has 2 amide bonds. The summed E-state index contributed by atoms with van der Waals surface area (Å²) in [7, 11) is 0. The van der Waals surface area contributed by atoms with Crippen LogP contribution in [-0.4, -0.2) is 48.1 Å². The van der Waals surface area contributed by atoms with Crippen LogP contribution in [0.1, 0.15) is 31.4 Å². The van der Waals surface area contributed by atoms with E-state index in [1.165, 1.54) is 11.1 Å². The summed E-state index contributed by atoms with van der Waals surface area (Å²) in [4.78, 5) is 16.4. The first-order valence-electron chi connectivity index (χ1n) is 7.92. The molecular formula is C17H27N3O. The van der Waals surface area contributed by atoms with Gasteiger partial charge < -0.3 is 10.2 Å². The Morgan fingerprint density at radius 1 is 1.24 bits per heavy atom. The lowest BCUT2D eigenvalue weighted by atomic mass is 10.1. The zero-order valence-electron chi connectivity index (χ0n) is 13.4. The number of nitrogens with zero attached hydrogens (tertiary/aromatic N) is 2. The molecule has 21 heavy (non-hydrogen) atoms. The Morgan fingerprint density at radius 2 is 1.90 bits per heavy atom. The van der Waals surface area contributed by atoms with Crippen LogP contribution in [0, 0.1) is 6.92 Å². The molecule has 1 N–H and O–H groups in total. The van der Waals surface area contributed by atoms with Crippen molar-refractivity contribution in [3.8, 4) is 0 Å². The van der Waals surface area contributed by atoms with Crippen molar-refractivity contribution >= 4 is 6.03 Å². The second kappa shape index (κ2) is 7.46. The van der Waals surface area contributed by atoms with Crippen molar-refractivity contribution in [2.45, 2.75) is 39.8 Å². The van der Waals surface area contributed by atoms with Gasteiger partial charge in [-0.3, -0.25) is 4.90 Å². The second-order valence-electron chi connectivity index (χ2n) is 5.95. The van der Waals surface area contributed by atoms with Gasteiger partial charge >= 0.3 is 6.03 Å². The highest BCUT2D eigenvalue weighted by atomic mass is 16.2. The molecule has 0 aliphatic carbocycles. The molecule has 1 aliphatic heterocycles. The van der Waals surface area contributed by atoms with E-state index in [0.717, 1.165) is 39.1 Å². The normalized spacial score (nSPS) is 17.6. The van der Waals surface area contributed by atoms with Crippen molar-refractivity contribution in [2.24, 2.45) is 0 Å². The van der Waals surface area contributed by atoms with E-state index in [9.17, 15) is 4.79 Å². The summed E-state index contributed by atoms with van der Waals surface area (Å²) in [6.07, 6.45) is 0.971. The minimum atomic E-state index is 0.0832. The van der Waals surface area contributed by atoms with E-state index in [-0.39, 0.29) is 12.1 Å². The first-order valence-corrected chi connectivity index (χ1v) is 7.92. The van der Waals surface area contributed by atoms with Gasteiger partial charge in [-0.15, -0.1) is 0 Å². The molecule has 4 heteroatoms. The maximum atomic E-state index is 12.1. The molecule has 4 nitrogen and oxygen atoms in total. The summed E-state index contributed by atoms with van der Waals surface area (Å²) in [5.74, 6) is 0. The lowest BCUT2D eigenvalue weighted by molar-refractivity contribution is 0.133. The first kappa shape index (κ1) is 15.8. The van der Waals surface area contributed by atoms with Crippen LogP contribution in [0.15, 0.2) is 24.3 Å². The molecule has 1 aromatic carbocycles. The number of carbonyl (C=O) groups is 1. The highest BCUT2D eigenvalue weighted by Crippen LogP contribution is 2.12. The molecule has 0 spiro atoms. The Bertz CT molecular complexity index is 467. The van der Waals surface area contributed by atoms with E-state index in [0.29, 0.717) is 0 Å². The van der Waals surface area contributed by atoms with Crippen LogP contribution in [0.4, 0.5) is 4.79 Å². The number of piperazine rings is 1. The van der Waals surface area contributed by atoms with Gasteiger partial charge in [0.1, 0.15) is 0 Å². The van der Waals surface area contributed by atoms with Gasteiger partial charge in [-0.05, 0) is 31.4 Å². The van der Waals surface area contributed by atoms with Crippen LogP contribution in [0.25, 0.3) is 0 Å². The highest BCUT2D eigenvalue weighted by Gasteiger charge is 2.21. The highest BCUT2D eigenvalue weighted by molar-refractivity contribution is 5.74. The average molecular weight is 289 g/mol. The van der Waals surface area contributed by atoms with Gasteiger partial charge in [0.2, 0.25) is 0 Å². The van der Waals surface area contributed by atoms with E-state index in [1.54, 1.807) is 0 Å². The topological polar surface area (TPSA) is 35.6 Å². The molecule has 1 unspecified atom stereocenters. The Kier molecular flexibility index (Phi) is 5.62. The summed E-state index contributed by atoms with van der Waals surface area (Å²) in [6.45, 7) is 10.8. The van der Waals surface area contributed by atoms with Crippen molar-refractivity contribution in [3.63, 3.8) is 0 Å². The minimum Gasteiger partial charge on any atom is -0.336 e. The number of carbonyl (C=O) groups excluding carboxylic acids is 1. The molecule has 1 fully saturated rings. The predicted molar refractivity (Wildman–Crippen MR) is 86.3 cm³/mol. The smallest absolute Gasteiger partial charge is 0.317 e. The number of benzene rings is 1. The number of hydrogen-bond donors (Lipinski definition) is 1. The molecule has 2 rings (SSSR count). The fourth-order valence-electron chi connectivity index (χ4n) is 2.54. The summed E-state index contributed by atoms with van der Waals surface area (Å²) in [5.41, 5.74) is 2.73. The fraction of sp³-hybridized carbons (Fsp3) is 0.588. The molecule has 1 atom stereocenters. The third-order valence-electron chi connectivity index (χ3n) is 4.30. The summed E-state index contributed by atoms with van der Waals surface area (Å²) >= 11 is 0. The van der Waals surface area contributed by atoms with Crippen LogP contribution in [-0.2, 0) is 6.54 Å². The van der Waals surface area contributed by atoms with Crippen LogP contribution in [0.5, 0.6) is 0 Å². The molecule has 116 valence electrons. The number of aryl methyl sites for hydroxylation is 1. The van der Waals surface area contributed by atoms with E-state index in [4.69, 9.17) is 0 Å². The molecule has 0 radical (unpaired) electrons. The van der Waals surface area contributed by atoms with Gasteiger partial charge in [0.25, 0.3) is 0 Å². The van der Waals surface area contributed by atoms with Gasteiger partial charge in [0, 0.05) is 38.8 Å². The van der Waals surface area contributed by atoms with Crippen LogP contribution >= 0.6 is 0 Å².